The molecule has 21 heavy (non-hydrogen) atoms. The molecule has 0 saturated carbocycles. The SMILES string of the molecule is O=C(O)CCC(=O)OCc1c[n+](=O)c2ccccc2n1[O-]. The highest BCUT2D eigenvalue weighted by Crippen LogP contribution is 2.11. The standard InChI is InChI=1S/C13H12N2O6/c16-12(17)5-6-13(18)21-8-9-7-14(19)10-3-1-2-4-11(10)15(9)20/h1-4,7H,5-6,8H2,(H,16,17). The summed E-state index contributed by atoms with van der Waals surface area (Å²) in [5, 5.41) is 20.5. The molecule has 0 radical (unpaired) electrons. The quantitative estimate of drug-likeness (QED) is 0.644. The average Bonchev–Trinajstić information content (AvgIpc) is 2.47. The van der Waals surface area contributed by atoms with Gasteiger partial charge in [0.15, 0.2) is 0 Å². The highest BCUT2D eigenvalue weighted by molar-refractivity contribution is 5.76. The third-order valence-electron chi connectivity index (χ3n) is 2.79. The Kier molecular flexibility index (Phi) is 4.17. The Morgan fingerprint density at radius 1 is 1.29 bits per heavy atom. The first kappa shape index (κ1) is 14.5. The molecule has 0 aliphatic heterocycles. The van der Waals surface area contributed by atoms with E-state index in [1.165, 1.54) is 12.1 Å². The Balaban J connectivity index is 2.16. The van der Waals surface area contributed by atoms with Gasteiger partial charge in [0.05, 0.1) is 17.3 Å². The number of carbonyl (C=O) groups is 2. The molecule has 110 valence electrons. The zero-order chi connectivity index (χ0) is 15.4. The van der Waals surface area contributed by atoms with Crippen molar-refractivity contribution in [3.05, 3.63) is 46.3 Å². The van der Waals surface area contributed by atoms with Gasteiger partial charge in [0.25, 0.3) is 11.7 Å². The fraction of sp³-hybridized carbons (Fsp3) is 0.231. The second kappa shape index (κ2) is 6.04. The lowest BCUT2D eigenvalue weighted by Crippen LogP contribution is -2.21. The third kappa shape index (κ3) is 3.35. The molecule has 0 amide bonds. The van der Waals surface area contributed by atoms with Crippen LogP contribution in [0.3, 0.4) is 0 Å². The van der Waals surface area contributed by atoms with E-state index in [9.17, 15) is 19.7 Å². The van der Waals surface area contributed by atoms with Crippen LogP contribution in [0.2, 0.25) is 0 Å². The minimum Gasteiger partial charge on any atom is -0.805 e. The van der Waals surface area contributed by atoms with Gasteiger partial charge >= 0.3 is 11.9 Å². The van der Waals surface area contributed by atoms with E-state index < -0.39 is 18.5 Å². The van der Waals surface area contributed by atoms with Crippen molar-refractivity contribution in [2.75, 3.05) is 0 Å². The number of ether oxygens (including phenoxy) is 1. The second-order valence-electron chi connectivity index (χ2n) is 4.28. The lowest BCUT2D eigenvalue weighted by molar-refractivity contribution is -0.465. The molecule has 0 fully saturated rings. The van der Waals surface area contributed by atoms with Gasteiger partial charge in [0, 0.05) is 11.0 Å². The number of hydrogen-bond donors (Lipinski definition) is 1. The van der Waals surface area contributed by atoms with Gasteiger partial charge in [0.1, 0.15) is 17.8 Å². The highest BCUT2D eigenvalue weighted by atomic mass is 16.5. The van der Waals surface area contributed by atoms with Gasteiger partial charge in [0.2, 0.25) is 0 Å². The third-order valence-corrected chi connectivity index (χ3v) is 2.79. The van der Waals surface area contributed by atoms with Crippen LogP contribution in [-0.4, -0.2) is 21.8 Å². The Hall–Kier alpha value is -2.90. The number of carboxylic acids is 1. The molecule has 0 aliphatic carbocycles. The minimum absolute atomic E-state index is 0.0348. The molecule has 8 heteroatoms. The number of carbonyl (C=O) groups excluding carboxylic acids is 1. The summed E-state index contributed by atoms with van der Waals surface area (Å²) in [7, 11) is 0. The van der Waals surface area contributed by atoms with Gasteiger partial charge in [-0.25, -0.2) is 0 Å². The van der Waals surface area contributed by atoms with Crippen molar-refractivity contribution in [1.29, 1.82) is 0 Å². The van der Waals surface area contributed by atoms with Crippen molar-refractivity contribution in [2.45, 2.75) is 19.4 Å². The molecule has 2 rings (SSSR count). The number of fused-ring (bicyclic) bond motifs is 1. The van der Waals surface area contributed by atoms with Crippen molar-refractivity contribution < 1.29 is 23.9 Å². The van der Waals surface area contributed by atoms with Gasteiger partial charge in [-0.3, -0.25) is 9.59 Å². The summed E-state index contributed by atoms with van der Waals surface area (Å²) < 4.78 is 5.81. The van der Waals surface area contributed by atoms with Gasteiger partial charge in [-0.05, 0) is 6.07 Å². The maximum absolute atomic E-state index is 12.0. The van der Waals surface area contributed by atoms with Crippen LogP contribution in [0.4, 0.5) is 0 Å². The first-order valence-corrected chi connectivity index (χ1v) is 6.10. The zero-order valence-electron chi connectivity index (χ0n) is 10.9. The van der Waals surface area contributed by atoms with Crippen LogP contribution in [0.15, 0.2) is 30.5 Å². The summed E-state index contributed by atoms with van der Waals surface area (Å²) >= 11 is 0. The number of para-hydroxylation sites is 2. The molecule has 1 heterocycles. The van der Waals surface area contributed by atoms with E-state index in [2.05, 4.69) is 0 Å². The number of aromatic nitrogens is 2. The lowest BCUT2D eigenvalue weighted by Gasteiger charge is -2.16. The number of esters is 1. The number of carboxylic acid groups (broad SMARTS) is 1. The maximum Gasteiger partial charge on any atom is 0.306 e. The van der Waals surface area contributed by atoms with Crippen LogP contribution in [-0.2, 0) is 20.9 Å². The summed E-state index contributed by atoms with van der Waals surface area (Å²) in [6.45, 7) is -0.394. The predicted molar refractivity (Wildman–Crippen MR) is 70.7 cm³/mol. The van der Waals surface area contributed by atoms with Crippen LogP contribution in [0.5, 0.6) is 0 Å². The molecule has 1 aromatic heterocycles. The molecule has 0 unspecified atom stereocenters. The van der Waals surface area contributed by atoms with Gasteiger partial charge in [-0.15, -0.1) is 0 Å². The van der Waals surface area contributed by atoms with Crippen LogP contribution >= 0.6 is 0 Å². The monoisotopic (exact) mass is 292 g/mol. The van der Waals surface area contributed by atoms with E-state index in [-0.39, 0.29) is 29.6 Å². The second-order valence-corrected chi connectivity index (χ2v) is 4.28. The smallest absolute Gasteiger partial charge is 0.306 e. The molecule has 0 spiro atoms. The van der Waals surface area contributed by atoms with Crippen LogP contribution in [0.25, 0.3) is 11.0 Å². The van der Waals surface area contributed by atoms with E-state index in [1.54, 1.807) is 12.1 Å². The molecular weight excluding hydrogens is 280 g/mol. The zero-order valence-corrected chi connectivity index (χ0v) is 10.9. The van der Waals surface area contributed by atoms with Crippen molar-refractivity contribution >= 4 is 23.0 Å². The number of aliphatic carboxylic acids is 1. The molecule has 8 nitrogen and oxygen atoms in total. The topological polar surface area (TPSA) is 115 Å². The van der Waals surface area contributed by atoms with E-state index in [0.29, 0.717) is 9.16 Å². The fourth-order valence-corrected chi connectivity index (χ4v) is 1.77. The first-order chi connectivity index (χ1) is 9.99. The first-order valence-electron chi connectivity index (χ1n) is 6.10. The van der Waals surface area contributed by atoms with Crippen LogP contribution in [0, 0.1) is 10.1 Å². The summed E-state index contributed by atoms with van der Waals surface area (Å²) in [5.74, 6) is -1.86. The van der Waals surface area contributed by atoms with Gasteiger partial charge < -0.3 is 19.8 Å². The fourth-order valence-electron chi connectivity index (χ4n) is 1.77. The van der Waals surface area contributed by atoms with Crippen LogP contribution < -0.4 is 4.43 Å². The van der Waals surface area contributed by atoms with Gasteiger partial charge in [-0.1, -0.05) is 12.1 Å². The van der Waals surface area contributed by atoms with Crippen molar-refractivity contribution in [1.82, 2.24) is 4.73 Å². The molecule has 0 saturated heterocycles. The summed E-state index contributed by atoms with van der Waals surface area (Å²) in [6.07, 6.45) is 0.383. The predicted octanol–water partition coefficient (Wildman–Crippen LogP) is 0.810. The molecule has 0 bridgehead atoms. The molecule has 1 aromatic carbocycles. The van der Waals surface area contributed by atoms with Crippen molar-refractivity contribution in [3.8, 4) is 0 Å². The van der Waals surface area contributed by atoms with Crippen LogP contribution in [0.1, 0.15) is 18.5 Å². The molecule has 2 aromatic rings. The summed E-state index contributed by atoms with van der Waals surface area (Å²) in [4.78, 5) is 33.4. The number of nitrogens with zero attached hydrogens (tertiary/aromatic N) is 2. The number of hydrogen-bond acceptors (Lipinski definition) is 5. The van der Waals surface area contributed by atoms with Crippen molar-refractivity contribution in [3.63, 3.8) is 0 Å². The largest absolute Gasteiger partial charge is 0.805 e. The van der Waals surface area contributed by atoms with E-state index in [1.807, 2.05) is 0 Å². The van der Waals surface area contributed by atoms with E-state index >= 15 is 0 Å². The lowest BCUT2D eigenvalue weighted by atomic mass is 10.3. The Bertz CT molecular complexity index is 752. The molecule has 0 atom stereocenters. The van der Waals surface area contributed by atoms with Gasteiger partial charge in [-0.2, -0.15) is 0 Å². The highest BCUT2D eigenvalue weighted by Gasteiger charge is 2.13. The van der Waals surface area contributed by atoms with E-state index in [0.717, 1.165) is 6.20 Å². The Morgan fingerprint density at radius 3 is 2.71 bits per heavy atom. The average molecular weight is 292 g/mol. The molecule has 1 N–H and O–H groups in total. The van der Waals surface area contributed by atoms with E-state index in [4.69, 9.17) is 9.84 Å². The number of benzene rings is 1. The normalized spacial score (nSPS) is 10.5. The molecular formula is C13H12N2O6. The summed E-state index contributed by atoms with van der Waals surface area (Å²) in [5.41, 5.74) is 0.326. The van der Waals surface area contributed by atoms with Crippen molar-refractivity contribution in [2.24, 2.45) is 0 Å². The minimum atomic E-state index is -1.12. The number of rotatable bonds is 5. The Labute approximate surface area is 118 Å². The maximum atomic E-state index is 12.0. The summed E-state index contributed by atoms with van der Waals surface area (Å²) in [6, 6.07) is 6.22. The molecule has 0 aliphatic rings. The Morgan fingerprint density at radius 2 is 2.00 bits per heavy atom.